The molecule has 3 rings (SSSR count). The second-order valence-electron chi connectivity index (χ2n) is 7.62. The molecule has 2 N–H and O–H groups in total. The Morgan fingerprint density at radius 3 is 2.48 bits per heavy atom. The maximum Gasteiger partial charge on any atom is 0.319 e. The monoisotopic (exact) mass is 409 g/mol. The highest BCUT2D eigenvalue weighted by atomic mass is 35.5. The Bertz CT molecular complexity index is 649. The van der Waals surface area contributed by atoms with Gasteiger partial charge in [0.1, 0.15) is 0 Å². The second-order valence-corrected chi connectivity index (χ2v) is 8.50. The van der Waals surface area contributed by atoms with Gasteiger partial charge in [-0.05, 0) is 56.7 Å². The lowest BCUT2D eigenvalue weighted by Gasteiger charge is -2.33. The van der Waals surface area contributed by atoms with Gasteiger partial charge in [0.25, 0.3) is 0 Å². The van der Waals surface area contributed by atoms with Crippen LogP contribution in [0.1, 0.15) is 51.4 Å². The highest BCUT2D eigenvalue weighted by molar-refractivity contribution is 6.35. The number of halogens is 2. The number of carbonyl (C=O) groups is 1. The van der Waals surface area contributed by atoms with E-state index < -0.39 is 0 Å². The molecule has 1 aliphatic carbocycles. The molecular weight excluding hydrogens is 381 g/mol. The standard InChI is InChI=1S/C21H29Cl2N3O/c22-17-12-18(23)14-20(13-17)25-21(27)24-19-8-10-26(11-9-19)15-16-6-4-2-1-3-5-7-16/h6,12-14,19H,1-5,7-11,15H2,(H2,24,25,27)/b16-6+. The van der Waals surface area contributed by atoms with Crippen molar-refractivity contribution >= 4 is 34.9 Å². The summed E-state index contributed by atoms with van der Waals surface area (Å²) in [6.45, 7) is 3.16. The third kappa shape index (κ3) is 7.02. The van der Waals surface area contributed by atoms with E-state index in [0.717, 1.165) is 32.5 Å². The van der Waals surface area contributed by atoms with E-state index in [1.54, 1.807) is 23.8 Å². The van der Waals surface area contributed by atoms with Gasteiger partial charge < -0.3 is 10.6 Å². The maximum atomic E-state index is 12.2. The molecule has 2 amide bonds. The number of likely N-dealkylation sites (tertiary alicyclic amines) is 1. The van der Waals surface area contributed by atoms with E-state index in [1.165, 1.54) is 38.5 Å². The van der Waals surface area contributed by atoms with Crippen LogP contribution in [-0.4, -0.2) is 36.6 Å². The molecule has 6 heteroatoms. The predicted molar refractivity (Wildman–Crippen MR) is 114 cm³/mol. The summed E-state index contributed by atoms with van der Waals surface area (Å²) in [5.41, 5.74) is 2.22. The Hall–Kier alpha value is -1.23. The topological polar surface area (TPSA) is 44.4 Å². The first-order chi connectivity index (χ1) is 13.1. The van der Waals surface area contributed by atoms with E-state index >= 15 is 0 Å². The number of carbonyl (C=O) groups excluding carboxylic acids is 1. The fourth-order valence-electron chi connectivity index (χ4n) is 3.90. The lowest BCUT2D eigenvalue weighted by molar-refractivity contribution is 0.205. The zero-order valence-corrected chi connectivity index (χ0v) is 17.3. The molecule has 0 radical (unpaired) electrons. The normalized spacial score (nSPS) is 21.6. The smallest absolute Gasteiger partial charge is 0.319 e. The van der Waals surface area contributed by atoms with Crippen LogP contribution in [0.25, 0.3) is 0 Å². The summed E-state index contributed by atoms with van der Waals surface area (Å²) in [6, 6.07) is 5.04. The van der Waals surface area contributed by atoms with Gasteiger partial charge in [0, 0.05) is 41.4 Å². The summed E-state index contributed by atoms with van der Waals surface area (Å²) in [6.07, 6.45) is 12.3. The van der Waals surface area contributed by atoms with E-state index in [2.05, 4.69) is 21.6 Å². The van der Waals surface area contributed by atoms with E-state index in [9.17, 15) is 4.79 Å². The van der Waals surface area contributed by atoms with Gasteiger partial charge in [-0.3, -0.25) is 4.90 Å². The number of piperidine rings is 1. The molecule has 0 spiro atoms. The number of anilines is 1. The number of nitrogens with one attached hydrogen (secondary N) is 2. The molecule has 148 valence electrons. The first-order valence-corrected chi connectivity index (χ1v) is 10.8. The van der Waals surface area contributed by atoms with E-state index in [0.29, 0.717) is 15.7 Å². The number of benzene rings is 1. The minimum absolute atomic E-state index is 0.200. The molecule has 2 aliphatic rings. The van der Waals surface area contributed by atoms with Gasteiger partial charge in [0.15, 0.2) is 0 Å². The van der Waals surface area contributed by atoms with Crippen LogP contribution >= 0.6 is 23.2 Å². The molecule has 1 heterocycles. The zero-order chi connectivity index (χ0) is 19.1. The maximum absolute atomic E-state index is 12.2. The van der Waals surface area contributed by atoms with Crippen LogP contribution in [-0.2, 0) is 0 Å². The van der Waals surface area contributed by atoms with E-state index in [-0.39, 0.29) is 12.1 Å². The minimum Gasteiger partial charge on any atom is -0.335 e. The largest absolute Gasteiger partial charge is 0.335 e. The zero-order valence-electron chi connectivity index (χ0n) is 15.8. The lowest BCUT2D eigenvalue weighted by atomic mass is 9.98. The quantitative estimate of drug-likeness (QED) is 0.611. The van der Waals surface area contributed by atoms with Gasteiger partial charge >= 0.3 is 6.03 Å². The first-order valence-electron chi connectivity index (χ1n) is 10.0. The Morgan fingerprint density at radius 1 is 1.04 bits per heavy atom. The number of rotatable bonds is 4. The molecule has 4 nitrogen and oxygen atoms in total. The van der Waals surface area contributed by atoms with Crippen LogP contribution in [0, 0.1) is 0 Å². The van der Waals surface area contributed by atoms with Crippen molar-refractivity contribution in [2.24, 2.45) is 0 Å². The number of hydrogen-bond acceptors (Lipinski definition) is 2. The summed E-state index contributed by atoms with van der Waals surface area (Å²) in [7, 11) is 0. The van der Waals surface area contributed by atoms with Crippen molar-refractivity contribution < 1.29 is 4.79 Å². The van der Waals surface area contributed by atoms with Crippen LogP contribution in [0.2, 0.25) is 10.0 Å². The lowest BCUT2D eigenvalue weighted by Crippen LogP contribution is -2.46. The fraction of sp³-hybridized carbons (Fsp3) is 0.571. The van der Waals surface area contributed by atoms with Gasteiger partial charge in [-0.25, -0.2) is 4.79 Å². The number of urea groups is 1. The predicted octanol–water partition coefficient (Wildman–Crippen LogP) is 5.86. The van der Waals surface area contributed by atoms with Crippen molar-refractivity contribution in [1.82, 2.24) is 10.2 Å². The molecule has 1 fully saturated rings. The molecule has 0 aromatic heterocycles. The Labute approximate surface area is 172 Å². The van der Waals surface area contributed by atoms with Crippen LogP contribution in [0.3, 0.4) is 0 Å². The second kappa shape index (κ2) is 10.4. The minimum atomic E-state index is -0.200. The Morgan fingerprint density at radius 2 is 1.74 bits per heavy atom. The van der Waals surface area contributed by atoms with Crippen molar-refractivity contribution in [2.75, 3.05) is 25.0 Å². The molecule has 1 aromatic carbocycles. The van der Waals surface area contributed by atoms with Gasteiger partial charge in [-0.15, -0.1) is 0 Å². The highest BCUT2D eigenvalue weighted by Crippen LogP contribution is 2.23. The average Bonchev–Trinajstić information content (AvgIpc) is 2.57. The summed E-state index contributed by atoms with van der Waals surface area (Å²) in [5, 5.41) is 6.91. The van der Waals surface area contributed by atoms with Crippen molar-refractivity contribution in [3.8, 4) is 0 Å². The molecule has 1 aliphatic heterocycles. The van der Waals surface area contributed by atoms with Gasteiger partial charge in [-0.1, -0.05) is 47.7 Å². The SMILES string of the molecule is O=C(Nc1cc(Cl)cc(Cl)c1)NC1CCN(C/C2=C/CCCCCC2)CC1. The molecule has 0 bridgehead atoms. The van der Waals surface area contributed by atoms with Crippen LogP contribution in [0.4, 0.5) is 10.5 Å². The van der Waals surface area contributed by atoms with Crippen molar-refractivity contribution in [3.63, 3.8) is 0 Å². The Kier molecular flexibility index (Phi) is 7.86. The van der Waals surface area contributed by atoms with Gasteiger partial charge in [0.2, 0.25) is 0 Å². The summed E-state index contributed by atoms with van der Waals surface area (Å²) in [4.78, 5) is 14.8. The molecule has 0 saturated carbocycles. The molecular formula is C21H29Cl2N3O. The van der Waals surface area contributed by atoms with E-state index in [4.69, 9.17) is 23.2 Å². The van der Waals surface area contributed by atoms with Crippen LogP contribution in [0.5, 0.6) is 0 Å². The summed E-state index contributed by atoms with van der Waals surface area (Å²) >= 11 is 11.9. The molecule has 1 saturated heterocycles. The average molecular weight is 410 g/mol. The molecule has 0 atom stereocenters. The molecule has 1 aromatic rings. The first kappa shape index (κ1) is 20.5. The van der Waals surface area contributed by atoms with Gasteiger partial charge in [-0.2, -0.15) is 0 Å². The summed E-state index contributed by atoms with van der Waals surface area (Å²) in [5.74, 6) is 0. The highest BCUT2D eigenvalue weighted by Gasteiger charge is 2.21. The number of allylic oxidation sites excluding steroid dienone is 1. The third-order valence-corrected chi connectivity index (χ3v) is 5.79. The number of amides is 2. The van der Waals surface area contributed by atoms with Crippen LogP contribution < -0.4 is 10.6 Å². The van der Waals surface area contributed by atoms with E-state index in [1.807, 2.05) is 0 Å². The van der Waals surface area contributed by atoms with Crippen molar-refractivity contribution in [1.29, 1.82) is 0 Å². The number of hydrogen-bond donors (Lipinski definition) is 2. The fourth-order valence-corrected chi connectivity index (χ4v) is 4.43. The summed E-state index contributed by atoms with van der Waals surface area (Å²) < 4.78 is 0. The Balaban J connectivity index is 1.41. The van der Waals surface area contributed by atoms with Gasteiger partial charge in [0.05, 0.1) is 0 Å². The van der Waals surface area contributed by atoms with Crippen molar-refractivity contribution in [2.45, 2.75) is 57.4 Å². The van der Waals surface area contributed by atoms with Crippen LogP contribution in [0.15, 0.2) is 29.8 Å². The van der Waals surface area contributed by atoms with Crippen molar-refractivity contribution in [3.05, 3.63) is 39.9 Å². The number of nitrogens with zero attached hydrogens (tertiary/aromatic N) is 1. The third-order valence-electron chi connectivity index (χ3n) is 5.35. The molecule has 0 unspecified atom stereocenters. The molecule has 27 heavy (non-hydrogen) atoms.